The normalized spacial score (nSPS) is 12.9. The topological polar surface area (TPSA) is 98.7 Å². The maximum absolute atomic E-state index is 13.0. The molecule has 0 saturated heterocycles. The van der Waals surface area contributed by atoms with Crippen LogP contribution in [0.1, 0.15) is 22.5 Å². The molecule has 0 radical (unpaired) electrons. The molecule has 3 N–H and O–H groups in total. The highest BCUT2D eigenvalue weighted by atomic mass is 16.1. The van der Waals surface area contributed by atoms with Gasteiger partial charge in [-0.1, -0.05) is 42.5 Å². The summed E-state index contributed by atoms with van der Waals surface area (Å²) in [5.74, 6) is -0.507. The monoisotopic (exact) mass is 426 g/mol. The molecule has 0 aliphatic rings. The van der Waals surface area contributed by atoms with Crippen LogP contribution >= 0.6 is 0 Å². The van der Waals surface area contributed by atoms with E-state index < -0.39 is 11.4 Å². The van der Waals surface area contributed by atoms with Crippen LogP contribution in [-0.2, 0) is 23.8 Å². The number of amides is 1. The zero-order valence-electron chi connectivity index (χ0n) is 18.2. The average Bonchev–Trinajstić information content (AvgIpc) is 3.25. The molecule has 0 aliphatic carbocycles. The first kappa shape index (κ1) is 21.4. The van der Waals surface area contributed by atoms with E-state index in [-0.39, 0.29) is 0 Å². The molecule has 0 unspecified atom stereocenters. The number of hydrogen-bond donors (Lipinski definition) is 2. The number of carbonyl (C=O) groups is 1. The summed E-state index contributed by atoms with van der Waals surface area (Å²) in [6.45, 7) is 2.48. The molecule has 1 amide bonds. The second-order valence-corrected chi connectivity index (χ2v) is 7.80. The third-order valence-electron chi connectivity index (χ3n) is 5.54. The van der Waals surface area contributed by atoms with Crippen LogP contribution in [0.3, 0.4) is 0 Å². The Morgan fingerprint density at radius 3 is 2.41 bits per heavy atom. The standard InChI is InChI=1S/C25H26N6O/c1-18-8-9-19(14-27-18)12-13-29-25(24(26)32,22-6-4-3-5-7-22)23-11-10-20(15-28-23)21-16-30-31(2)17-21/h3-11,14-17,29H,12-13H2,1-2H3,(H2,26,32)/t25-/m0/s1. The van der Waals surface area contributed by atoms with E-state index in [1.807, 2.05) is 81.0 Å². The SMILES string of the molecule is Cc1ccc(CCN[C@@](C(N)=O)(c2ccccc2)c2ccc(-c3cnn(C)c3)cn2)cn1. The minimum absolute atomic E-state index is 0.507. The van der Waals surface area contributed by atoms with Gasteiger partial charge >= 0.3 is 0 Å². The first-order chi connectivity index (χ1) is 15.5. The van der Waals surface area contributed by atoms with E-state index in [4.69, 9.17) is 5.73 Å². The Balaban J connectivity index is 1.68. The number of pyridine rings is 2. The van der Waals surface area contributed by atoms with Gasteiger partial charge in [-0.2, -0.15) is 5.10 Å². The Hall–Kier alpha value is -3.84. The van der Waals surface area contributed by atoms with E-state index in [9.17, 15) is 4.79 Å². The fourth-order valence-electron chi connectivity index (χ4n) is 3.78. The van der Waals surface area contributed by atoms with Gasteiger partial charge in [0, 0.05) is 49.0 Å². The van der Waals surface area contributed by atoms with Crippen LogP contribution in [0, 0.1) is 6.92 Å². The highest BCUT2D eigenvalue weighted by Gasteiger charge is 2.41. The van der Waals surface area contributed by atoms with Crippen LogP contribution in [-0.4, -0.2) is 32.2 Å². The van der Waals surface area contributed by atoms with Crippen molar-refractivity contribution in [3.05, 3.63) is 102 Å². The van der Waals surface area contributed by atoms with E-state index in [0.29, 0.717) is 18.7 Å². The van der Waals surface area contributed by atoms with E-state index >= 15 is 0 Å². The molecule has 0 spiro atoms. The molecule has 4 rings (SSSR count). The van der Waals surface area contributed by atoms with Crippen LogP contribution in [0.4, 0.5) is 0 Å². The first-order valence-electron chi connectivity index (χ1n) is 10.5. The number of aryl methyl sites for hydroxylation is 2. The molecule has 1 aromatic carbocycles. The van der Waals surface area contributed by atoms with Crippen molar-refractivity contribution in [2.24, 2.45) is 12.8 Å². The summed E-state index contributed by atoms with van der Waals surface area (Å²) < 4.78 is 1.74. The lowest BCUT2D eigenvalue weighted by Crippen LogP contribution is -2.54. The molecule has 0 bridgehead atoms. The Morgan fingerprint density at radius 1 is 1.00 bits per heavy atom. The van der Waals surface area contributed by atoms with Crippen molar-refractivity contribution in [2.75, 3.05) is 6.54 Å². The van der Waals surface area contributed by atoms with Crippen molar-refractivity contribution in [2.45, 2.75) is 18.9 Å². The molecule has 7 heteroatoms. The van der Waals surface area contributed by atoms with Gasteiger partial charge in [0.1, 0.15) is 0 Å². The van der Waals surface area contributed by atoms with Gasteiger partial charge in [0.15, 0.2) is 5.54 Å². The summed E-state index contributed by atoms with van der Waals surface area (Å²) >= 11 is 0. The fourth-order valence-corrected chi connectivity index (χ4v) is 3.78. The second kappa shape index (κ2) is 9.11. The van der Waals surface area contributed by atoms with E-state index in [2.05, 4.69) is 20.4 Å². The predicted molar refractivity (Wildman–Crippen MR) is 124 cm³/mol. The van der Waals surface area contributed by atoms with Gasteiger partial charge in [0.2, 0.25) is 5.91 Å². The number of benzene rings is 1. The molecule has 0 saturated carbocycles. The number of aromatic nitrogens is 4. The lowest BCUT2D eigenvalue weighted by atomic mass is 9.84. The van der Waals surface area contributed by atoms with Gasteiger partial charge in [0.05, 0.1) is 11.9 Å². The lowest BCUT2D eigenvalue weighted by Gasteiger charge is -2.32. The summed E-state index contributed by atoms with van der Waals surface area (Å²) in [7, 11) is 1.87. The number of rotatable bonds is 8. The summed E-state index contributed by atoms with van der Waals surface area (Å²) in [5.41, 5.74) is 9.97. The Morgan fingerprint density at radius 2 is 1.81 bits per heavy atom. The molecule has 0 fully saturated rings. The van der Waals surface area contributed by atoms with E-state index in [0.717, 1.165) is 27.9 Å². The maximum Gasteiger partial charge on any atom is 0.248 e. The van der Waals surface area contributed by atoms with Gasteiger partial charge in [-0.25, -0.2) is 0 Å². The van der Waals surface area contributed by atoms with Crippen molar-refractivity contribution in [1.82, 2.24) is 25.1 Å². The van der Waals surface area contributed by atoms with Gasteiger partial charge in [0.25, 0.3) is 0 Å². The van der Waals surface area contributed by atoms with Gasteiger partial charge in [-0.3, -0.25) is 24.8 Å². The highest BCUT2D eigenvalue weighted by Crippen LogP contribution is 2.30. The van der Waals surface area contributed by atoms with Crippen LogP contribution in [0.25, 0.3) is 11.1 Å². The average molecular weight is 427 g/mol. The molecule has 7 nitrogen and oxygen atoms in total. The van der Waals surface area contributed by atoms with Gasteiger partial charge in [-0.05, 0) is 36.6 Å². The van der Waals surface area contributed by atoms with Gasteiger partial charge < -0.3 is 5.73 Å². The van der Waals surface area contributed by atoms with Crippen molar-refractivity contribution in [1.29, 1.82) is 0 Å². The molecular weight excluding hydrogens is 400 g/mol. The maximum atomic E-state index is 13.0. The summed E-state index contributed by atoms with van der Waals surface area (Å²) in [6, 6.07) is 17.3. The zero-order chi connectivity index (χ0) is 22.6. The van der Waals surface area contributed by atoms with Gasteiger partial charge in [-0.15, -0.1) is 0 Å². The number of hydrogen-bond acceptors (Lipinski definition) is 5. The van der Waals surface area contributed by atoms with Crippen molar-refractivity contribution < 1.29 is 4.79 Å². The number of carbonyl (C=O) groups excluding carboxylic acids is 1. The second-order valence-electron chi connectivity index (χ2n) is 7.80. The number of nitrogens with two attached hydrogens (primary N) is 1. The first-order valence-corrected chi connectivity index (χ1v) is 10.5. The Kier molecular flexibility index (Phi) is 6.09. The summed E-state index contributed by atoms with van der Waals surface area (Å²) in [4.78, 5) is 22.0. The van der Waals surface area contributed by atoms with Crippen molar-refractivity contribution in [3.8, 4) is 11.1 Å². The Bertz CT molecular complexity index is 1190. The molecule has 32 heavy (non-hydrogen) atoms. The van der Waals surface area contributed by atoms with Crippen molar-refractivity contribution >= 4 is 5.91 Å². The molecule has 0 aliphatic heterocycles. The van der Waals surface area contributed by atoms with Crippen LogP contribution < -0.4 is 11.1 Å². The molecule has 1 atom stereocenters. The predicted octanol–water partition coefficient (Wildman–Crippen LogP) is 2.75. The number of nitrogens with zero attached hydrogens (tertiary/aromatic N) is 4. The quantitative estimate of drug-likeness (QED) is 0.451. The molecule has 162 valence electrons. The minimum atomic E-state index is -1.26. The van der Waals surface area contributed by atoms with Crippen LogP contribution in [0.15, 0.2) is 79.4 Å². The van der Waals surface area contributed by atoms with Crippen LogP contribution in [0.2, 0.25) is 0 Å². The molecule has 4 aromatic rings. The molecular formula is C25H26N6O. The van der Waals surface area contributed by atoms with E-state index in [1.165, 1.54) is 0 Å². The molecule has 3 aromatic heterocycles. The molecule has 3 heterocycles. The smallest absolute Gasteiger partial charge is 0.248 e. The van der Waals surface area contributed by atoms with Crippen LogP contribution in [0.5, 0.6) is 0 Å². The third kappa shape index (κ3) is 4.29. The number of nitrogens with one attached hydrogen (secondary N) is 1. The van der Waals surface area contributed by atoms with Crippen molar-refractivity contribution in [3.63, 3.8) is 0 Å². The zero-order valence-corrected chi connectivity index (χ0v) is 18.2. The lowest BCUT2D eigenvalue weighted by molar-refractivity contribution is -0.123. The third-order valence-corrected chi connectivity index (χ3v) is 5.54. The summed E-state index contributed by atoms with van der Waals surface area (Å²) in [5, 5.41) is 7.62. The minimum Gasteiger partial charge on any atom is -0.367 e. The highest BCUT2D eigenvalue weighted by molar-refractivity contribution is 5.89. The fraction of sp³-hybridized carbons (Fsp3) is 0.200. The largest absolute Gasteiger partial charge is 0.367 e. The Labute approximate surface area is 187 Å². The van der Waals surface area contributed by atoms with E-state index in [1.54, 1.807) is 17.1 Å². The summed E-state index contributed by atoms with van der Waals surface area (Å²) in [6.07, 6.45) is 8.00. The number of primary amides is 1.